The lowest BCUT2D eigenvalue weighted by molar-refractivity contribution is -0.259. The molecule has 0 aliphatic carbocycles. The Kier molecular flexibility index (Phi) is 34.7. The minimum atomic E-state index is -5.00. The largest absolute Gasteiger partial charge is 0.870 e. The van der Waals surface area contributed by atoms with Crippen LogP contribution in [0, 0.1) is 0 Å². The molecule has 89 heavy (non-hydrogen) atoms. The molecule has 41 heteroatoms. The summed E-state index contributed by atoms with van der Waals surface area (Å²) < 4.78 is 128. The molecule has 0 bridgehead atoms. The van der Waals surface area contributed by atoms with Gasteiger partial charge in [-0.05, 0) is 95.9 Å². The van der Waals surface area contributed by atoms with Gasteiger partial charge in [-0.1, -0.05) is 0 Å². The van der Waals surface area contributed by atoms with Crippen molar-refractivity contribution in [3.8, 4) is 0 Å². The molecule has 7 aliphatic rings. The number of hydrogen-bond donors (Lipinski definition) is 4. The van der Waals surface area contributed by atoms with Crippen LogP contribution in [0.4, 0.5) is 0 Å². The molecule has 0 spiro atoms. The van der Waals surface area contributed by atoms with Gasteiger partial charge in [-0.2, -0.15) is 0 Å². The maximum absolute atomic E-state index is 12.3. The van der Waals surface area contributed by atoms with Gasteiger partial charge >= 0.3 is 0 Å². The first kappa shape index (κ1) is 84.4. The molecule has 32 nitrogen and oxygen atoms in total. The maximum Gasteiger partial charge on any atom is 0.271 e. The number of carbonyl (C=O) groups is 2. The molecule has 7 fully saturated rings. The van der Waals surface area contributed by atoms with E-state index in [0.29, 0.717) is 12.8 Å². The highest BCUT2D eigenvalue weighted by Gasteiger charge is 2.63. The second kappa shape index (κ2) is 36.6. The molecule has 0 aromatic carbocycles. The van der Waals surface area contributed by atoms with Gasteiger partial charge in [-0.25, -0.2) is 0 Å². The highest BCUT2D eigenvalue weighted by atomic mass is 31.2. The number of ether oxygens (including phenoxy) is 12. The minimum Gasteiger partial charge on any atom is -0.870 e. The average Bonchev–Trinajstić information content (AvgIpc) is 1.66. The molecular formula is C48H82B6O32P3-5. The maximum atomic E-state index is 12.3. The van der Waals surface area contributed by atoms with E-state index in [2.05, 4.69) is 9.05 Å². The molecule has 0 aromatic rings. The fraction of sp³-hybridized carbons (Fsp3) is 0.958. The fourth-order valence-electron chi connectivity index (χ4n) is 9.05. The van der Waals surface area contributed by atoms with Crippen LogP contribution in [0.25, 0.3) is 0 Å². The quantitative estimate of drug-likeness (QED) is 0.0371. The number of aliphatic hydroxyl groups excluding tert-OH is 1. The number of phosphoric ester groups is 3. The number of Topliss-reactive ketones (excluding diaryl/α,β-unsaturated/α-hetero) is 2. The number of aliphatic hydroxyl groups is 4. The van der Waals surface area contributed by atoms with E-state index in [-0.39, 0.29) is 92.2 Å². The van der Waals surface area contributed by atoms with Crippen LogP contribution in [0.2, 0.25) is 0 Å². The summed E-state index contributed by atoms with van der Waals surface area (Å²) in [6.07, 6.45) is -10.7. The molecule has 7 heterocycles. The van der Waals surface area contributed by atoms with Gasteiger partial charge in [0.25, 0.3) is 23.5 Å². The Hall–Kier alpha value is -0.660. The highest BCUT2D eigenvalue weighted by Crippen LogP contribution is 2.58. The van der Waals surface area contributed by atoms with Gasteiger partial charge < -0.3 is 126 Å². The van der Waals surface area contributed by atoms with Crippen LogP contribution in [0.5, 0.6) is 0 Å². The molecule has 4 unspecified atom stereocenters. The summed E-state index contributed by atoms with van der Waals surface area (Å²) in [6.45, 7) is 20.4. The lowest BCUT2D eigenvalue weighted by Gasteiger charge is -2.34. The van der Waals surface area contributed by atoms with Crippen molar-refractivity contribution in [2.24, 2.45) is 0 Å². The molecule has 0 aromatic heterocycles. The van der Waals surface area contributed by atoms with E-state index in [4.69, 9.17) is 127 Å². The molecule has 504 valence electrons. The zero-order valence-corrected chi connectivity index (χ0v) is 54.3. The average molecular weight is 1330 g/mol. The summed E-state index contributed by atoms with van der Waals surface area (Å²) in [7, 11) is 18.9. The first-order chi connectivity index (χ1) is 40.1. The molecule has 6 N–H and O–H groups in total. The molecule has 22 atom stereocenters. The topological polar surface area (TPSA) is 462 Å². The molecule has 7 rings (SSSR count). The van der Waals surface area contributed by atoms with Crippen molar-refractivity contribution in [1.82, 2.24) is 0 Å². The van der Waals surface area contributed by atoms with Crippen LogP contribution in [-0.2, 0) is 107 Å². The van der Waals surface area contributed by atoms with Crippen molar-refractivity contribution >= 4 is 82.1 Å². The summed E-state index contributed by atoms with van der Waals surface area (Å²) in [5.41, 5.74) is 0. The SMILES string of the molecule is [B][C@@H]1O[C@H](COC(C)C)[C@@H]2OP(=O)([O-])OC12O.[B][C@@H]1O[C@H](COC(C)C)[C@H](OP(=O)([O-])OC[C@H]2O[C@@H]([B])C[C@H]2OC(C)C)C1(O)O.[B][C@@H]1O[C@H](COP(=O)([O-])O[C@@H]2C(=O)[C@H]([B])O[C@@H]2COC(C)C)[C@H](OC(C)C)C1=O.[B][C@H]1C[C@@H](OC(C)C)[C@@H](CO)O1.[OH-].[OH-]. The van der Waals surface area contributed by atoms with E-state index >= 15 is 0 Å². The van der Waals surface area contributed by atoms with Crippen LogP contribution in [0.3, 0.4) is 0 Å². The van der Waals surface area contributed by atoms with Crippen molar-refractivity contribution in [3.63, 3.8) is 0 Å². The number of rotatable bonds is 26. The molecule has 12 radical (unpaired) electrons. The Balaban J connectivity index is 0.000000422. The second-order valence-corrected chi connectivity index (χ2v) is 26.6. The number of phosphoric acid groups is 3. The van der Waals surface area contributed by atoms with Crippen molar-refractivity contribution in [2.45, 2.75) is 253 Å². The third kappa shape index (κ3) is 25.7. The monoisotopic (exact) mass is 1330 g/mol. The lowest BCUT2D eigenvalue weighted by Crippen LogP contribution is -2.50. The third-order valence-electron chi connectivity index (χ3n) is 12.9. The Morgan fingerprint density at radius 1 is 0.551 bits per heavy atom. The van der Waals surface area contributed by atoms with Gasteiger partial charge in [0.2, 0.25) is 11.6 Å². The Bertz CT molecular complexity index is 2290. The van der Waals surface area contributed by atoms with Crippen LogP contribution in [-0.4, -0.2) is 287 Å². The van der Waals surface area contributed by atoms with E-state index in [1.165, 1.54) is 0 Å². The van der Waals surface area contributed by atoms with Crippen LogP contribution >= 0.6 is 23.5 Å². The molecule has 0 saturated carbocycles. The van der Waals surface area contributed by atoms with Gasteiger partial charge in [0.05, 0.1) is 112 Å². The second-order valence-electron chi connectivity index (χ2n) is 22.6. The first-order valence-electron chi connectivity index (χ1n) is 28.2. The minimum absolute atomic E-state index is 0. The predicted molar refractivity (Wildman–Crippen MR) is 303 cm³/mol. The number of ketones is 2. The van der Waals surface area contributed by atoms with Crippen molar-refractivity contribution in [1.29, 1.82) is 0 Å². The van der Waals surface area contributed by atoms with Crippen LogP contribution in [0.15, 0.2) is 0 Å². The zero-order valence-electron chi connectivity index (χ0n) is 51.6. The van der Waals surface area contributed by atoms with Crippen LogP contribution < -0.4 is 14.7 Å². The zero-order chi connectivity index (χ0) is 65.9. The smallest absolute Gasteiger partial charge is 0.271 e. The Morgan fingerprint density at radius 3 is 1.43 bits per heavy atom. The standard InChI is InChI=1S/C16H29B2O10P.C16H25B2O10P.C8H14BO7P.C8H15BO3.2H2O/c1-8(2)23-6-12-14(16(19,20)15(18)27-12)28-29(21,22)24-7-11-10(25-9(3)4)5-13(17)26-11;1-7(2)23-5-9-14(12(20)16(18)26-9)28-29(21,22)24-6-10-13(25-8(3)4)11(19)15(17)27-10;1-4(2)13-3-5-6-8(10,7(9)14-5)16-17(11,12)15-6;1-5(2)11-6-3-8(9)12-7(6)4-10;;/h8-15,19-20H,5-7H2,1-4H3,(H,21,22);7-10,13-16H,5-6H2,1-4H3,(H,21,22);4-7,10H,3H2,1-2H3,(H,11,12);5-8,10H,3-4H2,1-2H3;2*1H2/p-5/t10-,11-,12-,13-,14+,15-;9-,10-,13+,14+,15-,16-;5-,6+,7-,8?;6-,7-,8-;;/m1111../s1. The normalized spacial score (nSPS) is 37.8. The summed E-state index contributed by atoms with van der Waals surface area (Å²) in [5, 5.41) is 39.1. The van der Waals surface area contributed by atoms with Crippen molar-refractivity contribution < 1.29 is 153 Å². The van der Waals surface area contributed by atoms with Crippen LogP contribution in [0.1, 0.15) is 95.9 Å². The Labute approximate surface area is 526 Å². The first-order valence-corrected chi connectivity index (χ1v) is 32.6. The highest BCUT2D eigenvalue weighted by molar-refractivity contribution is 7.46. The summed E-state index contributed by atoms with van der Waals surface area (Å²) in [5.74, 6) is -6.20. The van der Waals surface area contributed by atoms with Gasteiger partial charge in [0.15, 0.2) is 23.8 Å². The fourth-order valence-corrected chi connectivity index (χ4v) is 12.1. The molecule has 7 aliphatic heterocycles. The van der Waals surface area contributed by atoms with E-state index in [9.17, 15) is 53.3 Å². The van der Waals surface area contributed by atoms with Gasteiger partial charge in [0.1, 0.15) is 95.9 Å². The van der Waals surface area contributed by atoms with Crippen molar-refractivity contribution in [2.75, 3.05) is 39.6 Å². The molecule has 0 amide bonds. The van der Waals surface area contributed by atoms with Gasteiger partial charge in [-0.15, -0.1) is 0 Å². The molecular weight excluding hydrogens is 1250 g/mol. The Morgan fingerprint density at radius 2 is 0.955 bits per heavy atom. The summed E-state index contributed by atoms with van der Waals surface area (Å²) in [4.78, 5) is 59.8. The number of fused-ring (bicyclic) bond motifs is 1. The lowest BCUT2D eigenvalue weighted by atomic mass is 9.90. The van der Waals surface area contributed by atoms with E-state index < -0.39 is 151 Å². The van der Waals surface area contributed by atoms with Gasteiger partial charge in [-0.3, -0.25) is 27.8 Å². The molecule has 7 saturated heterocycles. The third-order valence-corrected chi connectivity index (χ3v) is 15.8. The van der Waals surface area contributed by atoms with E-state index in [1.54, 1.807) is 41.5 Å². The van der Waals surface area contributed by atoms with E-state index in [1.807, 2.05) is 41.5 Å². The number of carbonyl (C=O) groups excluding carboxylic acids is 2. The van der Waals surface area contributed by atoms with Gasteiger partial charge in [0, 0.05) is 12.0 Å². The number of hydrogen-bond acceptors (Lipinski definition) is 32. The summed E-state index contributed by atoms with van der Waals surface area (Å²) >= 11 is 0. The van der Waals surface area contributed by atoms with E-state index in [0.717, 1.165) is 0 Å². The summed E-state index contributed by atoms with van der Waals surface area (Å²) in [6, 6.07) is -6.36. The van der Waals surface area contributed by atoms with Crippen molar-refractivity contribution in [3.05, 3.63) is 0 Å². The predicted octanol–water partition coefficient (Wildman–Crippen LogP) is -3.49.